The molecule has 0 unspecified atom stereocenters. The van der Waals surface area contributed by atoms with Gasteiger partial charge in [0.05, 0.1) is 25.2 Å². The molecule has 2 N–H and O–H groups in total. The molecule has 0 radical (unpaired) electrons. The van der Waals surface area contributed by atoms with E-state index in [2.05, 4.69) is 20.6 Å². The van der Waals surface area contributed by atoms with Crippen molar-refractivity contribution in [3.05, 3.63) is 77.8 Å². The van der Waals surface area contributed by atoms with Gasteiger partial charge in [0.2, 0.25) is 0 Å². The quantitative estimate of drug-likeness (QED) is 0.650. The van der Waals surface area contributed by atoms with E-state index in [0.717, 1.165) is 29.9 Å². The molecule has 144 valence electrons. The first-order valence-corrected chi connectivity index (χ1v) is 8.51. The van der Waals surface area contributed by atoms with E-state index in [1.54, 1.807) is 7.11 Å². The van der Waals surface area contributed by atoms with Gasteiger partial charge in [0, 0.05) is 12.6 Å². The Kier molecular flexibility index (Phi) is 6.11. The van der Waals surface area contributed by atoms with Gasteiger partial charge in [-0.05, 0) is 30.2 Å². The Bertz CT molecular complexity index is 965. The van der Waals surface area contributed by atoms with Crippen LogP contribution in [0.15, 0.2) is 54.9 Å². The molecule has 1 amide bonds. The molecule has 0 atom stereocenters. The molecular weight excluding hydrogens is 366 g/mol. The van der Waals surface area contributed by atoms with Crippen LogP contribution in [0.3, 0.4) is 0 Å². The van der Waals surface area contributed by atoms with Crippen LogP contribution < -0.4 is 15.4 Å². The molecule has 6 nitrogen and oxygen atoms in total. The third-order valence-corrected chi connectivity index (χ3v) is 3.96. The Morgan fingerprint density at radius 1 is 1.11 bits per heavy atom. The van der Waals surface area contributed by atoms with Gasteiger partial charge in [0.25, 0.3) is 5.91 Å². The van der Waals surface area contributed by atoms with E-state index in [-0.39, 0.29) is 11.4 Å². The second-order valence-electron chi connectivity index (χ2n) is 5.85. The largest absolute Gasteiger partial charge is 0.496 e. The normalized spacial score (nSPS) is 10.4. The molecule has 0 fully saturated rings. The molecule has 3 aromatic rings. The molecular formula is C20H18F2N4O2. The van der Waals surface area contributed by atoms with Gasteiger partial charge in [0.1, 0.15) is 28.9 Å². The first-order chi connectivity index (χ1) is 13.6. The van der Waals surface area contributed by atoms with Crippen LogP contribution in [0.4, 0.5) is 20.3 Å². The summed E-state index contributed by atoms with van der Waals surface area (Å²) in [5, 5.41) is 5.45. The molecule has 1 heterocycles. The van der Waals surface area contributed by atoms with E-state index in [1.165, 1.54) is 12.4 Å². The number of anilines is 2. The zero-order valence-corrected chi connectivity index (χ0v) is 15.1. The highest BCUT2D eigenvalue weighted by Gasteiger charge is 2.12. The van der Waals surface area contributed by atoms with E-state index in [1.807, 2.05) is 24.3 Å². The van der Waals surface area contributed by atoms with Gasteiger partial charge in [-0.3, -0.25) is 4.79 Å². The van der Waals surface area contributed by atoms with Crippen molar-refractivity contribution in [1.82, 2.24) is 9.97 Å². The lowest BCUT2D eigenvalue weighted by molar-refractivity contribution is 0.102. The van der Waals surface area contributed by atoms with Crippen molar-refractivity contribution >= 4 is 17.4 Å². The Morgan fingerprint density at radius 2 is 1.93 bits per heavy atom. The van der Waals surface area contributed by atoms with Gasteiger partial charge in [-0.2, -0.15) is 0 Å². The van der Waals surface area contributed by atoms with Crippen LogP contribution in [0.25, 0.3) is 0 Å². The van der Waals surface area contributed by atoms with Gasteiger partial charge in [0.15, 0.2) is 0 Å². The molecule has 0 saturated carbocycles. The molecule has 0 bridgehead atoms. The first kappa shape index (κ1) is 19.2. The Balaban J connectivity index is 1.56. The summed E-state index contributed by atoms with van der Waals surface area (Å²) in [7, 11) is 1.62. The predicted molar refractivity (Wildman–Crippen MR) is 102 cm³/mol. The summed E-state index contributed by atoms with van der Waals surface area (Å²) in [5.41, 5.74) is 0.939. The maximum absolute atomic E-state index is 13.6. The Hall–Kier alpha value is -3.55. The number of halogens is 2. The van der Waals surface area contributed by atoms with Gasteiger partial charge in [-0.15, -0.1) is 0 Å². The van der Waals surface area contributed by atoms with E-state index in [4.69, 9.17) is 4.74 Å². The molecule has 0 saturated heterocycles. The maximum Gasteiger partial charge on any atom is 0.275 e. The van der Waals surface area contributed by atoms with Gasteiger partial charge < -0.3 is 15.4 Å². The fraction of sp³-hybridized carbons (Fsp3) is 0.150. The van der Waals surface area contributed by atoms with Gasteiger partial charge >= 0.3 is 0 Å². The smallest absolute Gasteiger partial charge is 0.275 e. The van der Waals surface area contributed by atoms with Crippen LogP contribution in [0.1, 0.15) is 16.1 Å². The van der Waals surface area contributed by atoms with Crippen molar-refractivity contribution in [2.75, 3.05) is 24.3 Å². The average molecular weight is 384 g/mol. The summed E-state index contributed by atoms with van der Waals surface area (Å²) in [6, 6.07) is 10.6. The Morgan fingerprint density at radius 3 is 2.64 bits per heavy atom. The lowest BCUT2D eigenvalue weighted by Crippen LogP contribution is -2.16. The number of methoxy groups -OCH3 is 1. The summed E-state index contributed by atoms with van der Waals surface area (Å²) < 4.78 is 31.8. The van der Waals surface area contributed by atoms with Crippen LogP contribution >= 0.6 is 0 Å². The predicted octanol–water partition coefficient (Wildman–Crippen LogP) is 3.67. The number of hydrogen-bond acceptors (Lipinski definition) is 5. The Labute approximate surface area is 160 Å². The number of ether oxygens (including phenoxy) is 1. The van der Waals surface area contributed by atoms with Crippen LogP contribution in [0.5, 0.6) is 5.75 Å². The highest BCUT2D eigenvalue weighted by atomic mass is 19.1. The van der Waals surface area contributed by atoms with E-state index < -0.39 is 17.5 Å². The van der Waals surface area contributed by atoms with E-state index >= 15 is 0 Å². The standard InChI is InChI=1S/C20H18F2N4O2/c1-28-18-5-3-2-4-13(18)8-9-23-19-12-24-17(11-25-19)20(27)26-16-7-6-14(21)10-15(16)22/h2-7,10-12H,8-9H2,1H3,(H,23,25)(H,26,27). The van der Waals surface area contributed by atoms with E-state index in [0.29, 0.717) is 18.4 Å². The lowest BCUT2D eigenvalue weighted by Gasteiger charge is -2.09. The topological polar surface area (TPSA) is 76.1 Å². The third-order valence-electron chi connectivity index (χ3n) is 3.96. The molecule has 0 aliphatic heterocycles. The molecule has 2 aromatic carbocycles. The molecule has 0 spiro atoms. The molecule has 0 aliphatic carbocycles. The molecule has 0 aliphatic rings. The second kappa shape index (κ2) is 8.90. The zero-order chi connectivity index (χ0) is 19.9. The number of rotatable bonds is 7. The SMILES string of the molecule is COc1ccccc1CCNc1cnc(C(=O)Nc2ccc(F)cc2F)cn1. The number of aromatic nitrogens is 2. The second-order valence-corrected chi connectivity index (χ2v) is 5.85. The summed E-state index contributed by atoms with van der Waals surface area (Å²) in [6.07, 6.45) is 3.41. The monoisotopic (exact) mass is 384 g/mol. The lowest BCUT2D eigenvalue weighted by atomic mass is 10.1. The highest BCUT2D eigenvalue weighted by Crippen LogP contribution is 2.18. The number of carbonyl (C=O) groups excluding carboxylic acids is 1. The average Bonchev–Trinajstić information content (AvgIpc) is 2.71. The first-order valence-electron chi connectivity index (χ1n) is 8.51. The minimum Gasteiger partial charge on any atom is -0.496 e. The van der Waals surface area contributed by atoms with Crippen LogP contribution in [-0.4, -0.2) is 29.5 Å². The maximum atomic E-state index is 13.6. The third kappa shape index (κ3) is 4.79. The number of amides is 1. The van der Waals surface area contributed by atoms with Crippen molar-refractivity contribution in [2.45, 2.75) is 6.42 Å². The molecule has 3 rings (SSSR count). The van der Waals surface area contributed by atoms with Gasteiger partial charge in [-0.1, -0.05) is 18.2 Å². The minimum atomic E-state index is -0.865. The molecule has 1 aromatic heterocycles. The van der Waals surface area contributed by atoms with Crippen molar-refractivity contribution < 1.29 is 18.3 Å². The number of hydrogen-bond donors (Lipinski definition) is 2. The van der Waals surface area contributed by atoms with Crippen molar-refractivity contribution in [1.29, 1.82) is 0 Å². The van der Waals surface area contributed by atoms with Crippen molar-refractivity contribution in [2.24, 2.45) is 0 Å². The van der Waals surface area contributed by atoms with Crippen molar-refractivity contribution in [3.63, 3.8) is 0 Å². The molecule has 28 heavy (non-hydrogen) atoms. The summed E-state index contributed by atoms with van der Waals surface area (Å²) in [6.45, 7) is 0.599. The zero-order valence-electron chi connectivity index (χ0n) is 15.1. The van der Waals surface area contributed by atoms with Crippen LogP contribution in [-0.2, 0) is 6.42 Å². The number of nitrogens with one attached hydrogen (secondary N) is 2. The minimum absolute atomic E-state index is 0.0130. The summed E-state index contributed by atoms with van der Waals surface area (Å²) >= 11 is 0. The highest BCUT2D eigenvalue weighted by molar-refractivity contribution is 6.02. The van der Waals surface area contributed by atoms with Crippen LogP contribution in [0, 0.1) is 11.6 Å². The summed E-state index contributed by atoms with van der Waals surface area (Å²) in [4.78, 5) is 20.3. The molecule has 8 heteroatoms. The number of carbonyl (C=O) groups is 1. The summed E-state index contributed by atoms with van der Waals surface area (Å²) in [5.74, 6) is -0.914. The van der Waals surface area contributed by atoms with Crippen molar-refractivity contribution in [3.8, 4) is 5.75 Å². The number of nitrogens with zero attached hydrogens (tertiary/aromatic N) is 2. The number of para-hydroxylation sites is 1. The van der Waals surface area contributed by atoms with Crippen LogP contribution in [0.2, 0.25) is 0 Å². The fourth-order valence-electron chi connectivity index (χ4n) is 2.55. The number of benzene rings is 2. The fourth-order valence-corrected chi connectivity index (χ4v) is 2.55. The van der Waals surface area contributed by atoms with E-state index in [9.17, 15) is 13.6 Å². The van der Waals surface area contributed by atoms with Gasteiger partial charge in [-0.25, -0.2) is 18.7 Å².